The van der Waals surface area contributed by atoms with E-state index in [1.165, 1.54) is 0 Å². The highest BCUT2D eigenvalue weighted by molar-refractivity contribution is 5.91. The Morgan fingerprint density at radius 1 is 0.971 bits per heavy atom. The molecular weight excluding hydrogens is 444 g/mol. The van der Waals surface area contributed by atoms with Crippen LogP contribution in [-0.4, -0.2) is 53.2 Å². The number of nitrogens with zero attached hydrogens (tertiary/aromatic N) is 1. The number of carboxylic acid groups (broad SMARTS) is 1. The van der Waals surface area contributed by atoms with Crippen molar-refractivity contribution in [2.75, 3.05) is 19.7 Å². The molecule has 2 fully saturated rings. The molecule has 0 atom stereocenters. The second-order valence-electron chi connectivity index (χ2n) is 10.1. The molecule has 7 heteroatoms. The van der Waals surface area contributed by atoms with Crippen LogP contribution in [-0.2, 0) is 14.3 Å². The molecule has 1 saturated carbocycles. The van der Waals surface area contributed by atoms with E-state index in [2.05, 4.69) is 29.6 Å². The quantitative estimate of drug-likeness (QED) is 0.638. The molecule has 0 unspecified atom stereocenters. The summed E-state index contributed by atoms with van der Waals surface area (Å²) in [5.41, 5.74) is 2.90. The maximum atomic E-state index is 13.4. The van der Waals surface area contributed by atoms with Crippen molar-refractivity contribution in [3.63, 3.8) is 0 Å². The number of likely N-dealkylation sites (tertiary alicyclic amines) is 1. The Bertz CT molecular complexity index is 1100. The summed E-state index contributed by atoms with van der Waals surface area (Å²) in [7, 11) is 0. The summed E-state index contributed by atoms with van der Waals surface area (Å²) in [6.07, 6.45) is 2.85. The van der Waals surface area contributed by atoms with E-state index < -0.39 is 23.0 Å². The highest BCUT2D eigenvalue weighted by atomic mass is 16.5. The normalized spacial score (nSPS) is 19.7. The fraction of sp³-hybridized carbons (Fsp3) is 0.464. The van der Waals surface area contributed by atoms with Gasteiger partial charge in [-0.2, -0.15) is 0 Å². The number of carbonyl (C=O) groups is 3. The van der Waals surface area contributed by atoms with Gasteiger partial charge in [0, 0.05) is 19.0 Å². The van der Waals surface area contributed by atoms with E-state index in [9.17, 15) is 19.5 Å². The molecule has 5 rings (SSSR count). The lowest BCUT2D eigenvalue weighted by Gasteiger charge is -2.46. The second kappa shape index (κ2) is 9.02. The molecule has 2 N–H and O–H groups in total. The molecule has 0 radical (unpaired) electrons. The maximum absolute atomic E-state index is 13.4. The Morgan fingerprint density at radius 2 is 1.54 bits per heavy atom. The van der Waals surface area contributed by atoms with E-state index in [1.807, 2.05) is 31.2 Å². The van der Waals surface area contributed by atoms with Gasteiger partial charge in [0.05, 0.1) is 5.41 Å². The fourth-order valence-electron chi connectivity index (χ4n) is 5.91. The Balaban J connectivity index is 1.23. The minimum atomic E-state index is -0.946. The van der Waals surface area contributed by atoms with Crippen molar-refractivity contribution in [3.05, 3.63) is 59.7 Å². The molecule has 0 aromatic heterocycles. The minimum Gasteiger partial charge on any atom is -0.481 e. The lowest BCUT2D eigenvalue weighted by molar-refractivity contribution is -0.156. The van der Waals surface area contributed by atoms with Crippen molar-refractivity contribution in [1.82, 2.24) is 10.2 Å². The van der Waals surface area contributed by atoms with Crippen LogP contribution in [0.4, 0.5) is 4.79 Å². The molecule has 0 spiro atoms. The first-order valence-electron chi connectivity index (χ1n) is 12.6. The lowest BCUT2D eigenvalue weighted by atomic mass is 9.73. The van der Waals surface area contributed by atoms with Crippen LogP contribution in [0.5, 0.6) is 0 Å². The number of rotatable bonds is 6. The van der Waals surface area contributed by atoms with Gasteiger partial charge in [-0.1, -0.05) is 55.5 Å². The third-order valence-corrected chi connectivity index (χ3v) is 8.44. The van der Waals surface area contributed by atoms with Gasteiger partial charge in [-0.15, -0.1) is 0 Å². The maximum Gasteiger partial charge on any atom is 0.408 e. The number of amides is 2. The molecule has 2 aliphatic carbocycles. The van der Waals surface area contributed by atoms with Gasteiger partial charge < -0.3 is 20.1 Å². The largest absolute Gasteiger partial charge is 0.481 e. The first kappa shape index (κ1) is 23.4. The van der Waals surface area contributed by atoms with Crippen molar-refractivity contribution < 1.29 is 24.2 Å². The van der Waals surface area contributed by atoms with Gasteiger partial charge in [0.25, 0.3) is 0 Å². The SMILES string of the molecule is CCC1(C(=O)O)CCN(C(=O)C2(NC(=O)OCC3c4ccccc4-c4ccccc43)CCC2)CC1. The number of carboxylic acids is 1. The second-order valence-corrected chi connectivity index (χ2v) is 10.1. The molecule has 35 heavy (non-hydrogen) atoms. The summed E-state index contributed by atoms with van der Waals surface area (Å²) < 4.78 is 5.69. The van der Waals surface area contributed by atoms with Crippen LogP contribution in [0, 0.1) is 5.41 Å². The molecule has 2 aromatic rings. The Morgan fingerprint density at radius 3 is 2.03 bits per heavy atom. The Kier molecular flexibility index (Phi) is 6.03. The van der Waals surface area contributed by atoms with E-state index in [-0.39, 0.29) is 18.4 Å². The standard InChI is InChI=1S/C28H32N2O5/c1-2-27(25(32)33)14-16-30(17-15-27)24(31)28(12-7-13-28)29-26(34)35-18-23-21-10-5-3-8-19(21)20-9-4-6-11-22(20)23/h3-6,8-11,23H,2,7,12-18H2,1H3,(H,29,34)(H,32,33). The van der Waals surface area contributed by atoms with E-state index in [0.717, 1.165) is 28.7 Å². The van der Waals surface area contributed by atoms with Gasteiger partial charge in [-0.05, 0) is 60.8 Å². The molecule has 1 aliphatic heterocycles. The van der Waals surface area contributed by atoms with Gasteiger partial charge in [0.15, 0.2) is 0 Å². The van der Waals surface area contributed by atoms with Crippen LogP contribution in [0.15, 0.2) is 48.5 Å². The van der Waals surface area contributed by atoms with E-state index in [0.29, 0.717) is 45.2 Å². The average Bonchev–Trinajstić information content (AvgIpc) is 3.18. The third-order valence-electron chi connectivity index (χ3n) is 8.44. The topological polar surface area (TPSA) is 95.9 Å². The van der Waals surface area contributed by atoms with Crippen LogP contribution in [0.1, 0.15) is 62.5 Å². The molecule has 2 aromatic carbocycles. The molecule has 1 heterocycles. The molecule has 2 amide bonds. The molecule has 184 valence electrons. The zero-order valence-corrected chi connectivity index (χ0v) is 20.1. The van der Waals surface area contributed by atoms with Crippen LogP contribution in [0.3, 0.4) is 0 Å². The molecule has 1 saturated heterocycles. The number of piperidine rings is 1. The highest BCUT2D eigenvalue weighted by Gasteiger charge is 2.50. The van der Waals surface area contributed by atoms with Gasteiger partial charge in [0.2, 0.25) is 5.91 Å². The van der Waals surface area contributed by atoms with Crippen molar-refractivity contribution in [2.24, 2.45) is 5.41 Å². The lowest BCUT2D eigenvalue weighted by Crippen LogP contribution is -2.65. The summed E-state index contributed by atoms with van der Waals surface area (Å²) >= 11 is 0. The third kappa shape index (κ3) is 3.97. The predicted molar refractivity (Wildman–Crippen MR) is 131 cm³/mol. The first-order chi connectivity index (χ1) is 16.9. The van der Waals surface area contributed by atoms with E-state index in [4.69, 9.17) is 4.74 Å². The van der Waals surface area contributed by atoms with E-state index >= 15 is 0 Å². The molecule has 3 aliphatic rings. The Hall–Kier alpha value is -3.35. The number of hydrogen-bond donors (Lipinski definition) is 2. The van der Waals surface area contributed by atoms with Gasteiger partial charge in [-0.3, -0.25) is 9.59 Å². The number of carbonyl (C=O) groups excluding carboxylic acids is 2. The number of aliphatic carboxylic acids is 1. The van der Waals surface area contributed by atoms with Gasteiger partial charge in [0.1, 0.15) is 12.1 Å². The van der Waals surface area contributed by atoms with Gasteiger partial charge in [-0.25, -0.2) is 4.79 Å². The van der Waals surface area contributed by atoms with Crippen molar-refractivity contribution in [3.8, 4) is 11.1 Å². The number of alkyl carbamates (subject to hydrolysis) is 1. The zero-order valence-electron chi connectivity index (χ0n) is 20.1. The van der Waals surface area contributed by atoms with Crippen molar-refractivity contribution >= 4 is 18.0 Å². The molecule has 0 bridgehead atoms. The van der Waals surface area contributed by atoms with Crippen LogP contribution in [0.25, 0.3) is 11.1 Å². The fourth-order valence-corrected chi connectivity index (χ4v) is 5.91. The summed E-state index contributed by atoms with van der Waals surface area (Å²) in [5.74, 6) is -0.948. The number of ether oxygens (including phenoxy) is 1. The minimum absolute atomic E-state index is 0.0403. The summed E-state index contributed by atoms with van der Waals surface area (Å²) in [6, 6.07) is 16.3. The van der Waals surface area contributed by atoms with Gasteiger partial charge >= 0.3 is 12.1 Å². The predicted octanol–water partition coefficient (Wildman–Crippen LogP) is 4.55. The zero-order chi connectivity index (χ0) is 24.6. The average molecular weight is 477 g/mol. The van der Waals surface area contributed by atoms with Crippen LogP contribution >= 0.6 is 0 Å². The van der Waals surface area contributed by atoms with E-state index in [1.54, 1.807) is 4.90 Å². The Labute approximate surface area is 205 Å². The van der Waals surface area contributed by atoms with Crippen LogP contribution in [0.2, 0.25) is 0 Å². The molecular formula is C28H32N2O5. The smallest absolute Gasteiger partial charge is 0.408 e. The number of hydrogen-bond acceptors (Lipinski definition) is 4. The summed E-state index contributed by atoms with van der Waals surface area (Å²) in [5, 5.41) is 12.5. The number of fused-ring (bicyclic) bond motifs is 3. The first-order valence-corrected chi connectivity index (χ1v) is 12.6. The number of benzene rings is 2. The summed E-state index contributed by atoms with van der Waals surface area (Å²) in [4.78, 5) is 39.8. The molecule has 7 nitrogen and oxygen atoms in total. The van der Waals surface area contributed by atoms with Crippen molar-refractivity contribution in [1.29, 1.82) is 0 Å². The number of nitrogens with one attached hydrogen (secondary N) is 1. The highest BCUT2D eigenvalue weighted by Crippen LogP contribution is 2.44. The monoisotopic (exact) mass is 476 g/mol. The van der Waals surface area contributed by atoms with Crippen LogP contribution < -0.4 is 5.32 Å². The van der Waals surface area contributed by atoms with Crippen molar-refractivity contribution in [2.45, 2.75) is 56.9 Å². The summed E-state index contributed by atoms with van der Waals surface area (Å²) in [6.45, 7) is 2.88.